The molecular formula is C13H20N2O. The highest BCUT2D eigenvalue weighted by Gasteiger charge is 2.08. The smallest absolute Gasteiger partial charge is 0.220 e. The summed E-state index contributed by atoms with van der Waals surface area (Å²) in [6, 6.07) is 8.08. The van der Waals surface area contributed by atoms with Crippen LogP contribution in [0.5, 0.6) is 0 Å². The Labute approximate surface area is 97.0 Å². The molecule has 0 fully saturated rings. The van der Waals surface area contributed by atoms with E-state index in [4.69, 9.17) is 5.73 Å². The molecule has 3 N–H and O–H groups in total. The molecule has 16 heavy (non-hydrogen) atoms. The van der Waals surface area contributed by atoms with Gasteiger partial charge in [0.25, 0.3) is 0 Å². The third-order valence-electron chi connectivity index (χ3n) is 2.57. The van der Waals surface area contributed by atoms with Gasteiger partial charge in [-0.3, -0.25) is 4.79 Å². The van der Waals surface area contributed by atoms with Crippen molar-refractivity contribution in [2.45, 2.75) is 39.3 Å². The number of carbonyl (C=O) groups is 1. The van der Waals surface area contributed by atoms with Crippen molar-refractivity contribution in [2.24, 2.45) is 5.73 Å². The quantitative estimate of drug-likeness (QED) is 0.798. The molecule has 88 valence electrons. The van der Waals surface area contributed by atoms with Crippen LogP contribution < -0.4 is 11.1 Å². The van der Waals surface area contributed by atoms with E-state index < -0.39 is 0 Å². The van der Waals surface area contributed by atoms with Crippen molar-refractivity contribution in [1.29, 1.82) is 0 Å². The first-order valence-electron chi connectivity index (χ1n) is 5.75. The van der Waals surface area contributed by atoms with Crippen LogP contribution >= 0.6 is 0 Å². The van der Waals surface area contributed by atoms with Crippen LogP contribution in [0.25, 0.3) is 0 Å². The molecule has 0 heterocycles. The summed E-state index contributed by atoms with van der Waals surface area (Å²) in [5.41, 5.74) is 7.75. The van der Waals surface area contributed by atoms with Crippen molar-refractivity contribution in [1.82, 2.24) is 5.32 Å². The van der Waals surface area contributed by atoms with Crippen molar-refractivity contribution < 1.29 is 4.79 Å². The van der Waals surface area contributed by atoms with Gasteiger partial charge in [-0.2, -0.15) is 0 Å². The molecule has 0 aliphatic carbocycles. The second kappa shape index (κ2) is 6.28. The lowest BCUT2D eigenvalue weighted by atomic mass is 10.1. The van der Waals surface area contributed by atoms with E-state index in [0.717, 1.165) is 17.5 Å². The van der Waals surface area contributed by atoms with E-state index >= 15 is 0 Å². The van der Waals surface area contributed by atoms with Gasteiger partial charge in [0.05, 0.1) is 6.04 Å². The minimum Gasteiger partial charge on any atom is -0.350 e. The Morgan fingerprint density at radius 3 is 2.50 bits per heavy atom. The van der Waals surface area contributed by atoms with Gasteiger partial charge in [0.1, 0.15) is 0 Å². The lowest BCUT2D eigenvalue weighted by Crippen LogP contribution is -2.26. The van der Waals surface area contributed by atoms with Gasteiger partial charge in [-0.25, -0.2) is 0 Å². The molecule has 1 amide bonds. The number of benzene rings is 1. The van der Waals surface area contributed by atoms with E-state index in [1.807, 2.05) is 38.1 Å². The van der Waals surface area contributed by atoms with Crippen LogP contribution in [-0.2, 0) is 11.3 Å². The summed E-state index contributed by atoms with van der Waals surface area (Å²) in [7, 11) is 0. The van der Waals surface area contributed by atoms with Crippen molar-refractivity contribution in [3.63, 3.8) is 0 Å². The zero-order valence-electron chi connectivity index (χ0n) is 9.99. The van der Waals surface area contributed by atoms with Gasteiger partial charge >= 0.3 is 0 Å². The van der Waals surface area contributed by atoms with Crippen molar-refractivity contribution >= 4 is 5.91 Å². The minimum absolute atomic E-state index is 0.0610. The Kier molecular flexibility index (Phi) is 4.99. The molecule has 1 aromatic rings. The maximum Gasteiger partial charge on any atom is 0.220 e. The van der Waals surface area contributed by atoms with Gasteiger partial charge in [-0.1, -0.05) is 31.2 Å². The molecule has 0 radical (unpaired) electrons. The van der Waals surface area contributed by atoms with Crippen LogP contribution in [0.3, 0.4) is 0 Å². The largest absolute Gasteiger partial charge is 0.350 e. The summed E-state index contributed by atoms with van der Waals surface area (Å²) in [6.07, 6.45) is 1.47. The summed E-state index contributed by atoms with van der Waals surface area (Å²) in [6.45, 7) is 4.54. The predicted octanol–water partition coefficient (Wildman–Crippen LogP) is 2.12. The van der Waals surface area contributed by atoms with Crippen molar-refractivity contribution in [2.75, 3.05) is 0 Å². The molecule has 0 aromatic heterocycles. The molecule has 0 bridgehead atoms. The Balaban J connectivity index is 2.58. The highest BCUT2D eigenvalue weighted by atomic mass is 16.1. The van der Waals surface area contributed by atoms with Crippen LogP contribution in [0.1, 0.15) is 43.9 Å². The number of amides is 1. The van der Waals surface area contributed by atoms with Gasteiger partial charge < -0.3 is 11.1 Å². The highest BCUT2D eigenvalue weighted by molar-refractivity contribution is 5.76. The van der Waals surface area contributed by atoms with Gasteiger partial charge in [0.2, 0.25) is 5.91 Å². The van der Waals surface area contributed by atoms with E-state index in [2.05, 4.69) is 5.32 Å². The summed E-state index contributed by atoms with van der Waals surface area (Å²) >= 11 is 0. The van der Waals surface area contributed by atoms with E-state index in [0.29, 0.717) is 13.0 Å². The van der Waals surface area contributed by atoms with E-state index in [1.165, 1.54) is 0 Å². The van der Waals surface area contributed by atoms with Crippen LogP contribution in [0.2, 0.25) is 0 Å². The fraction of sp³-hybridized carbons (Fsp3) is 0.462. The Morgan fingerprint density at radius 1 is 1.38 bits per heavy atom. The zero-order chi connectivity index (χ0) is 12.0. The molecule has 0 aliphatic rings. The monoisotopic (exact) mass is 220 g/mol. The number of hydrogen-bond donors (Lipinski definition) is 2. The predicted molar refractivity (Wildman–Crippen MR) is 65.8 cm³/mol. The van der Waals surface area contributed by atoms with Crippen molar-refractivity contribution in [3.05, 3.63) is 35.4 Å². The molecule has 1 unspecified atom stereocenters. The normalized spacial score (nSPS) is 12.2. The summed E-state index contributed by atoms with van der Waals surface area (Å²) in [5.74, 6) is 0.109. The lowest BCUT2D eigenvalue weighted by Gasteiger charge is -2.14. The Hall–Kier alpha value is -1.35. The zero-order valence-corrected chi connectivity index (χ0v) is 9.99. The summed E-state index contributed by atoms with van der Waals surface area (Å²) in [4.78, 5) is 11.4. The molecule has 0 saturated heterocycles. The number of nitrogens with one attached hydrogen (secondary N) is 1. The Bertz CT molecular complexity index is 332. The highest BCUT2D eigenvalue weighted by Crippen LogP contribution is 2.13. The van der Waals surface area contributed by atoms with E-state index in [9.17, 15) is 4.79 Å². The third kappa shape index (κ3) is 3.66. The van der Waals surface area contributed by atoms with E-state index in [-0.39, 0.29) is 11.9 Å². The first-order chi connectivity index (χ1) is 7.67. The average Bonchev–Trinajstić information content (AvgIpc) is 2.29. The molecule has 0 spiro atoms. The SMILES string of the molecule is CCCC(=O)NC(C)c1ccc(CN)cc1. The van der Waals surface area contributed by atoms with Crippen LogP contribution in [-0.4, -0.2) is 5.91 Å². The maximum atomic E-state index is 11.4. The van der Waals surface area contributed by atoms with Crippen LogP contribution in [0.4, 0.5) is 0 Å². The van der Waals surface area contributed by atoms with Crippen molar-refractivity contribution in [3.8, 4) is 0 Å². The second-order valence-corrected chi connectivity index (χ2v) is 3.98. The summed E-state index contributed by atoms with van der Waals surface area (Å²) < 4.78 is 0. The molecule has 1 rings (SSSR count). The van der Waals surface area contributed by atoms with Crippen LogP contribution in [0.15, 0.2) is 24.3 Å². The first kappa shape index (κ1) is 12.7. The molecule has 3 nitrogen and oxygen atoms in total. The topological polar surface area (TPSA) is 55.1 Å². The fourth-order valence-corrected chi connectivity index (χ4v) is 1.57. The minimum atomic E-state index is 0.0610. The van der Waals surface area contributed by atoms with Crippen LogP contribution in [0, 0.1) is 0 Å². The molecule has 0 aliphatic heterocycles. The molecule has 0 saturated carbocycles. The molecular weight excluding hydrogens is 200 g/mol. The third-order valence-corrected chi connectivity index (χ3v) is 2.57. The number of nitrogens with two attached hydrogens (primary N) is 1. The second-order valence-electron chi connectivity index (χ2n) is 3.98. The number of carbonyl (C=O) groups excluding carboxylic acids is 1. The van der Waals surface area contributed by atoms with Gasteiger partial charge in [0, 0.05) is 13.0 Å². The maximum absolute atomic E-state index is 11.4. The average molecular weight is 220 g/mol. The standard InChI is InChI=1S/C13H20N2O/c1-3-4-13(16)15-10(2)12-7-5-11(9-14)6-8-12/h5-8,10H,3-4,9,14H2,1-2H3,(H,15,16). The molecule has 1 atom stereocenters. The molecule has 3 heteroatoms. The van der Waals surface area contributed by atoms with E-state index in [1.54, 1.807) is 0 Å². The van der Waals surface area contributed by atoms with Gasteiger partial charge in [-0.05, 0) is 24.5 Å². The summed E-state index contributed by atoms with van der Waals surface area (Å²) in [5, 5.41) is 2.96. The fourth-order valence-electron chi connectivity index (χ4n) is 1.57. The number of hydrogen-bond acceptors (Lipinski definition) is 2. The number of rotatable bonds is 5. The Morgan fingerprint density at radius 2 is 2.00 bits per heavy atom. The first-order valence-corrected chi connectivity index (χ1v) is 5.75. The molecule has 1 aromatic carbocycles. The van der Waals surface area contributed by atoms with Gasteiger partial charge in [-0.15, -0.1) is 0 Å². The van der Waals surface area contributed by atoms with Gasteiger partial charge in [0.15, 0.2) is 0 Å². The lowest BCUT2D eigenvalue weighted by molar-refractivity contribution is -0.121.